The van der Waals surface area contributed by atoms with E-state index in [1.165, 1.54) is 25.7 Å². The second-order valence-corrected chi connectivity index (χ2v) is 6.04. The lowest BCUT2D eigenvalue weighted by Crippen LogP contribution is -2.32. The zero-order valence-corrected chi connectivity index (χ0v) is 10.4. The fourth-order valence-electron chi connectivity index (χ4n) is 4.55. The van der Waals surface area contributed by atoms with Crippen LogP contribution in [0.25, 0.3) is 0 Å². The van der Waals surface area contributed by atoms with Crippen LogP contribution in [-0.4, -0.2) is 17.6 Å². The average Bonchev–Trinajstić information content (AvgIpc) is 2.76. The van der Waals surface area contributed by atoms with Crippen molar-refractivity contribution in [2.75, 3.05) is 6.54 Å². The third-order valence-corrected chi connectivity index (χ3v) is 5.65. The molecule has 3 heteroatoms. The summed E-state index contributed by atoms with van der Waals surface area (Å²) in [5.74, 6) is -0.679. The normalized spacial score (nSPS) is 35.7. The van der Waals surface area contributed by atoms with Crippen LogP contribution in [-0.2, 0) is 4.79 Å². The summed E-state index contributed by atoms with van der Waals surface area (Å²) in [6.45, 7) is 4.48. The molecule has 0 aromatic carbocycles. The van der Waals surface area contributed by atoms with E-state index in [0.29, 0.717) is 0 Å². The van der Waals surface area contributed by atoms with E-state index >= 15 is 0 Å². The highest BCUT2D eigenvalue weighted by Crippen LogP contribution is 2.81. The molecule has 1 unspecified atom stereocenters. The first kappa shape index (κ1) is 11.9. The van der Waals surface area contributed by atoms with Crippen molar-refractivity contribution in [2.24, 2.45) is 22.0 Å². The lowest BCUT2D eigenvalue weighted by molar-refractivity contribution is -0.145. The predicted molar refractivity (Wildman–Crippen MR) is 63.0 cm³/mol. The first-order valence-corrected chi connectivity index (χ1v) is 6.40. The van der Waals surface area contributed by atoms with Crippen molar-refractivity contribution < 1.29 is 9.90 Å². The molecule has 0 aromatic rings. The van der Waals surface area contributed by atoms with Crippen molar-refractivity contribution in [1.29, 1.82) is 0 Å². The minimum atomic E-state index is -0.679. The number of carboxylic acid groups (broad SMARTS) is 1. The zero-order chi connectivity index (χ0) is 12.0. The largest absolute Gasteiger partial charge is 0.481 e. The number of hydrogen-bond donors (Lipinski definition) is 2. The van der Waals surface area contributed by atoms with Crippen LogP contribution >= 0.6 is 0 Å². The van der Waals surface area contributed by atoms with Gasteiger partial charge in [0.1, 0.15) is 0 Å². The molecule has 2 aliphatic rings. The zero-order valence-electron chi connectivity index (χ0n) is 10.4. The topological polar surface area (TPSA) is 63.3 Å². The summed E-state index contributed by atoms with van der Waals surface area (Å²) in [6.07, 6.45) is 6.92. The molecule has 0 bridgehead atoms. The molecule has 0 heterocycles. The maximum atomic E-state index is 11.6. The van der Waals surface area contributed by atoms with Crippen molar-refractivity contribution in [3.05, 3.63) is 0 Å². The highest BCUT2D eigenvalue weighted by atomic mass is 16.4. The van der Waals surface area contributed by atoms with Gasteiger partial charge >= 0.3 is 5.97 Å². The molecule has 2 aliphatic carbocycles. The van der Waals surface area contributed by atoms with Gasteiger partial charge in [0.2, 0.25) is 0 Å². The Kier molecular flexibility index (Phi) is 2.57. The van der Waals surface area contributed by atoms with Crippen molar-refractivity contribution in [3.8, 4) is 0 Å². The van der Waals surface area contributed by atoms with Gasteiger partial charge in [-0.3, -0.25) is 4.79 Å². The lowest BCUT2D eigenvalue weighted by atomic mass is 9.85. The smallest absolute Gasteiger partial charge is 0.312 e. The standard InChI is InChI=1S/C13H23NO2/c1-11(2)12(7-5-3-4-6-8-12)13(11,9-14)10(15)16/h3-9,14H2,1-2H3,(H,15,16). The average molecular weight is 225 g/mol. The monoisotopic (exact) mass is 225 g/mol. The van der Waals surface area contributed by atoms with Crippen molar-refractivity contribution >= 4 is 5.97 Å². The van der Waals surface area contributed by atoms with E-state index in [9.17, 15) is 9.90 Å². The number of carboxylic acids is 1. The molecule has 0 amide bonds. The van der Waals surface area contributed by atoms with Crippen LogP contribution in [0.3, 0.4) is 0 Å². The molecule has 1 atom stereocenters. The molecular weight excluding hydrogens is 202 g/mol. The van der Waals surface area contributed by atoms with Crippen molar-refractivity contribution in [1.82, 2.24) is 0 Å². The van der Waals surface area contributed by atoms with E-state index in [2.05, 4.69) is 13.8 Å². The van der Waals surface area contributed by atoms with Crippen molar-refractivity contribution in [3.63, 3.8) is 0 Å². The van der Waals surface area contributed by atoms with Gasteiger partial charge in [-0.25, -0.2) is 0 Å². The van der Waals surface area contributed by atoms with Crippen LogP contribution in [0.5, 0.6) is 0 Å². The van der Waals surface area contributed by atoms with Gasteiger partial charge in [-0.15, -0.1) is 0 Å². The molecule has 16 heavy (non-hydrogen) atoms. The number of nitrogens with two attached hydrogens (primary N) is 1. The van der Waals surface area contributed by atoms with Gasteiger partial charge in [0.25, 0.3) is 0 Å². The summed E-state index contributed by atoms with van der Waals surface area (Å²) >= 11 is 0. The van der Waals surface area contributed by atoms with E-state index in [4.69, 9.17) is 5.73 Å². The summed E-state index contributed by atoms with van der Waals surface area (Å²) in [5.41, 5.74) is 4.99. The fourth-order valence-corrected chi connectivity index (χ4v) is 4.55. The minimum absolute atomic E-state index is 0.0307. The third-order valence-electron chi connectivity index (χ3n) is 5.65. The second-order valence-electron chi connectivity index (χ2n) is 6.04. The van der Waals surface area contributed by atoms with Gasteiger partial charge in [-0.05, 0) is 23.7 Å². The Labute approximate surface area is 97.4 Å². The minimum Gasteiger partial charge on any atom is -0.481 e. The molecule has 0 aliphatic heterocycles. The van der Waals surface area contributed by atoms with Crippen molar-refractivity contribution in [2.45, 2.75) is 52.4 Å². The highest BCUT2D eigenvalue weighted by molar-refractivity contribution is 5.83. The summed E-state index contributed by atoms with van der Waals surface area (Å²) in [4.78, 5) is 11.6. The summed E-state index contributed by atoms with van der Waals surface area (Å²) in [6, 6.07) is 0. The van der Waals surface area contributed by atoms with Crippen LogP contribution in [0.2, 0.25) is 0 Å². The molecule has 2 saturated carbocycles. The molecule has 3 nitrogen and oxygen atoms in total. The van der Waals surface area contributed by atoms with Crippen LogP contribution in [0.15, 0.2) is 0 Å². The van der Waals surface area contributed by atoms with E-state index in [-0.39, 0.29) is 17.4 Å². The Morgan fingerprint density at radius 1 is 1.19 bits per heavy atom. The van der Waals surface area contributed by atoms with E-state index in [0.717, 1.165) is 12.8 Å². The Balaban J connectivity index is 2.37. The molecule has 0 radical (unpaired) electrons. The summed E-state index contributed by atoms with van der Waals surface area (Å²) in [5, 5.41) is 9.57. The molecule has 0 saturated heterocycles. The van der Waals surface area contributed by atoms with Gasteiger partial charge in [0.15, 0.2) is 0 Å². The van der Waals surface area contributed by atoms with Crippen LogP contribution < -0.4 is 5.73 Å². The molecule has 3 N–H and O–H groups in total. The quantitative estimate of drug-likeness (QED) is 0.758. The van der Waals surface area contributed by atoms with Crippen LogP contribution in [0, 0.1) is 16.2 Å². The van der Waals surface area contributed by atoms with E-state index < -0.39 is 11.4 Å². The summed E-state index contributed by atoms with van der Waals surface area (Å²) < 4.78 is 0. The van der Waals surface area contributed by atoms with E-state index in [1.54, 1.807) is 0 Å². The summed E-state index contributed by atoms with van der Waals surface area (Å²) in [7, 11) is 0. The fraction of sp³-hybridized carbons (Fsp3) is 0.923. The first-order chi connectivity index (χ1) is 7.46. The molecule has 2 fully saturated rings. The lowest BCUT2D eigenvalue weighted by Gasteiger charge is -2.19. The predicted octanol–water partition coefficient (Wildman–Crippen LogP) is 2.40. The molecule has 1 spiro atoms. The van der Waals surface area contributed by atoms with Gasteiger partial charge < -0.3 is 10.8 Å². The Bertz CT molecular complexity index is 303. The number of rotatable bonds is 2. The molecule has 2 rings (SSSR count). The third kappa shape index (κ3) is 1.05. The molecule has 92 valence electrons. The maximum Gasteiger partial charge on any atom is 0.312 e. The molecular formula is C13H23NO2. The van der Waals surface area contributed by atoms with E-state index in [1.807, 2.05) is 0 Å². The van der Waals surface area contributed by atoms with Crippen LogP contribution in [0.4, 0.5) is 0 Å². The second kappa shape index (κ2) is 3.46. The highest BCUT2D eigenvalue weighted by Gasteiger charge is 2.83. The maximum absolute atomic E-state index is 11.6. The first-order valence-electron chi connectivity index (χ1n) is 6.40. The number of hydrogen-bond acceptors (Lipinski definition) is 2. The SMILES string of the molecule is CC1(C)C2(CCCCCC2)C1(CN)C(=O)O. The van der Waals surface area contributed by atoms with Gasteiger partial charge in [-0.2, -0.15) is 0 Å². The number of carbonyl (C=O) groups is 1. The van der Waals surface area contributed by atoms with Gasteiger partial charge in [-0.1, -0.05) is 39.5 Å². The molecule has 0 aromatic heterocycles. The number of aliphatic carboxylic acids is 1. The van der Waals surface area contributed by atoms with Gasteiger partial charge in [0.05, 0.1) is 5.41 Å². The van der Waals surface area contributed by atoms with Crippen LogP contribution in [0.1, 0.15) is 52.4 Å². The Morgan fingerprint density at radius 3 is 2.00 bits per heavy atom. The Hall–Kier alpha value is -0.570. The Morgan fingerprint density at radius 2 is 1.69 bits per heavy atom. The van der Waals surface area contributed by atoms with Gasteiger partial charge in [0, 0.05) is 6.54 Å².